The van der Waals surface area contributed by atoms with Gasteiger partial charge in [0.1, 0.15) is 11.6 Å². The summed E-state index contributed by atoms with van der Waals surface area (Å²) >= 11 is 0. The van der Waals surface area contributed by atoms with Gasteiger partial charge in [-0.25, -0.2) is 8.78 Å². The van der Waals surface area contributed by atoms with E-state index in [4.69, 9.17) is 9.47 Å². The van der Waals surface area contributed by atoms with E-state index in [0.717, 1.165) is 12.1 Å². The van der Waals surface area contributed by atoms with E-state index in [1.54, 1.807) is 0 Å². The standard InChI is InChI=1S/C17H16F2N2O5/c1-25-15-7-10(14(21(23)24)9-16(15)26-2)5-6-20-17(22)12-4-3-11(18)8-13(12)19/h3-4,7-9H,5-6H2,1-2H3,(H,20,22). The van der Waals surface area contributed by atoms with Crippen LogP contribution in [0.15, 0.2) is 30.3 Å². The zero-order valence-electron chi connectivity index (χ0n) is 14.0. The average molecular weight is 366 g/mol. The maximum absolute atomic E-state index is 13.6. The van der Waals surface area contributed by atoms with E-state index < -0.39 is 22.5 Å². The third-order valence-electron chi connectivity index (χ3n) is 3.64. The second-order valence-electron chi connectivity index (χ2n) is 5.22. The summed E-state index contributed by atoms with van der Waals surface area (Å²) in [7, 11) is 2.76. The first-order valence-electron chi connectivity index (χ1n) is 7.50. The van der Waals surface area contributed by atoms with Crippen molar-refractivity contribution >= 4 is 11.6 Å². The molecule has 2 aromatic rings. The predicted molar refractivity (Wildman–Crippen MR) is 88.6 cm³/mol. The highest BCUT2D eigenvalue weighted by atomic mass is 19.1. The van der Waals surface area contributed by atoms with Crippen LogP contribution in [-0.4, -0.2) is 31.6 Å². The lowest BCUT2D eigenvalue weighted by atomic mass is 10.1. The molecule has 0 saturated carbocycles. The Labute approximate surface area is 147 Å². The van der Waals surface area contributed by atoms with Crippen LogP contribution in [-0.2, 0) is 6.42 Å². The Kier molecular flexibility index (Phi) is 6.05. The lowest BCUT2D eigenvalue weighted by Crippen LogP contribution is -2.26. The van der Waals surface area contributed by atoms with Gasteiger partial charge in [-0.2, -0.15) is 0 Å². The summed E-state index contributed by atoms with van der Waals surface area (Å²) in [4.78, 5) is 22.6. The van der Waals surface area contributed by atoms with Crippen molar-refractivity contribution in [1.29, 1.82) is 0 Å². The van der Waals surface area contributed by atoms with E-state index in [2.05, 4.69) is 5.32 Å². The lowest BCUT2D eigenvalue weighted by Gasteiger charge is -2.11. The summed E-state index contributed by atoms with van der Waals surface area (Å²) in [5.41, 5.74) is -0.189. The maximum atomic E-state index is 13.6. The molecule has 0 heterocycles. The Morgan fingerprint density at radius 2 is 1.81 bits per heavy atom. The summed E-state index contributed by atoms with van der Waals surface area (Å²) < 4.78 is 36.6. The van der Waals surface area contributed by atoms with Crippen molar-refractivity contribution in [2.24, 2.45) is 0 Å². The molecule has 0 atom stereocenters. The normalized spacial score (nSPS) is 10.3. The summed E-state index contributed by atoms with van der Waals surface area (Å²) in [5.74, 6) is -2.00. The molecule has 0 aliphatic carbocycles. The number of nitro groups is 1. The molecular weight excluding hydrogens is 350 g/mol. The van der Waals surface area contributed by atoms with Crippen molar-refractivity contribution in [2.45, 2.75) is 6.42 Å². The Bertz CT molecular complexity index is 842. The number of nitro benzene ring substituents is 1. The predicted octanol–water partition coefficient (Wildman–Crippen LogP) is 2.86. The van der Waals surface area contributed by atoms with Crippen molar-refractivity contribution in [1.82, 2.24) is 5.32 Å². The summed E-state index contributed by atoms with van der Waals surface area (Å²) in [5, 5.41) is 13.7. The Hall–Kier alpha value is -3.23. The molecule has 0 aliphatic heterocycles. The molecule has 0 saturated heterocycles. The number of nitrogens with one attached hydrogen (secondary N) is 1. The van der Waals surface area contributed by atoms with Gasteiger partial charge in [-0.15, -0.1) is 0 Å². The van der Waals surface area contributed by atoms with Gasteiger partial charge in [0.2, 0.25) is 0 Å². The van der Waals surface area contributed by atoms with Crippen LogP contribution in [0.5, 0.6) is 11.5 Å². The highest BCUT2D eigenvalue weighted by Crippen LogP contribution is 2.34. The van der Waals surface area contributed by atoms with Gasteiger partial charge >= 0.3 is 0 Å². The molecule has 0 fully saturated rings. The number of halogens is 2. The number of ether oxygens (including phenoxy) is 2. The molecule has 0 bridgehead atoms. The zero-order valence-corrected chi connectivity index (χ0v) is 14.0. The minimum atomic E-state index is -0.986. The second kappa shape index (κ2) is 8.24. The highest BCUT2D eigenvalue weighted by molar-refractivity contribution is 5.94. The number of hydrogen-bond acceptors (Lipinski definition) is 5. The third-order valence-corrected chi connectivity index (χ3v) is 3.64. The largest absolute Gasteiger partial charge is 0.493 e. The molecule has 7 nitrogen and oxygen atoms in total. The van der Waals surface area contributed by atoms with Crippen molar-refractivity contribution in [3.05, 3.63) is 63.2 Å². The van der Waals surface area contributed by atoms with Crippen LogP contribution in [0.4, 0.5) is 14.5 Å². The summed E-state index contributed by atoms with van der Waals surface area (Å²) in [6, 6.07) is 5.28. The molecule has 2 aromatic carbocycles. The Morgan fingerprint density at radius 1 is 1.15 bits per heavy atom. The molecule has 0 aromatic heterocycles. The molecule has 1 N–H and O–H groups in total. The first-order chi connectivity index (χ1) is 12.4. The van der Waals surface area contributed by atoms with Gasteiger partial charge in [0, 0.05) is 18.2 Å². The average Bonchev–Trinajstić information content (AvgIpc) is 2.60. The Morgan fingerprint density at radius 3 is 2.38 bits per heavy atom. The number of hydrogen-bond donors (Lipinski definition) is 1. The minimum absolute atomic E-state index is 0.00593. The van der Waals surface area contributed by atoms with Crippen molar-refractivity contribution in [3.8, 4) is 11.5 Å². The van der Waals surface area contributed by atoms with Crippen LogP contribution in [0.2, 0.25) is 0 Å². The monoisotopic (exact) mass is 366 g/mol. The van der Waals surface area contributed by atoms with E-state index in [0.29, 0.717) is 17.4 Å². The van der Waals surface area contributed by atoms with Gasteiger partial charge in [-0.05, 0) is 24.6 Å². The fourth-order valence-corrected chi connectivity index (χ4v) is 2.36. The van der Waals surface area contributed by atoms with Gasteiger partial charge in [0.05, 0.1) is 30.8 Å². The fraction of sp³-hybridized carbons (Fsp3) is 0.235. The number of methoxy groups -OCH3 is 2. The minimum Gasteiger partial charge on any atom is -0.493 e. The van der Waals surface area contributed by atoms with E-state index in [1.165, 1.54) is 26.4 Å². The highest BCUT2D eigenvalue weighted by Gasteiger charge is 2.20. The topological polar surface area (TPSA) is 90.7 Å². The van der Waals surface area contributed by atoms with Gasteiger partial charge in [0.15, 0.2) is 11.5 Å². The van der Waals surface area contributed by atoms with E-state index >= 15 is 0 Å². The molecule has 26 heavy (non-hydrogen) atoms. The fourth-order valence-electron chi connectivity index (χ4n) is 2.36. The van der Waals surface area contributed by atoms with Crippen LogP contribution in [0.1, 0.15) is 15.9 Å². The molecule has 9 heteroatoms. The molecule has 2 rings (SSSR count). The van der Waals surface area contributed by atoms with Crippen molar-refractivity contribution in [3.63, 3.8) is 0 Å². The number of carbonyl (C=O) groups excluding carboxylic acids is 1. The zero-order chi connectivity index (χ0) is 19.3. The van der Waals surface area contributed by atoms with E-state index in [9.17, 15) is 23.7 Å². The third kappa shape index (κ3) is 4.24. The lowest BCUT2D eigenvalue weighted by molar-refractivity contribution is -0.385. The van der Waals surface area contributed by atoms with Crippen molar-refractivity contribution in [2.75, 3.05) is 20.8 Å². The van der Waals surface area contributed by atoms with Gasteiger partial charge in [0.25, 0.3) is 11.6 Å². The number of amides is 1. The molecule has 0 spiro atoms. The van der Waals surface area contributed by atoms with Gasteiger partial charge < -0.3 is 14.8 Å². The van der Waals surface area contributed by atoms with Crippen LogP contribution in [0.25, 0.3) is 0 Å². The summed E-state index contributed by atoms with van der Waals surface area (Å²) in [6.07, 6.45) is 0.102. The smallest absolute Gasteiger partial charge is 0.276 e. The SMILES string of the molecule is COc1cc(CCNC(=O)c2ccc(F)cc2F)c([N+](=O)[O-])cc1OC. The van der Waals surface area contributed by atoms with Gasteiger partial charge in [-0.3, -0.25) is 14.9 Å². The number of rotatable bonds is 7. The first-order valence-corrected chi connectivity index (χ1v) is 7.50. The second-order valence-corrected chi connectivity index (χ2v) is 5.22. The van der Waals surface area contributed by atoms with Crippen LogP contribution < -0.4 is 14.8 Å². The number of carbonyl (C=O) groups is 1. The first kappa shape index (κ1) is 19.1. The van der Waals surface area contributed by atoms with E-state index in [-0.39, 0.29) is 30.0 Å². The summed E-state index contributed by atoms with van der Waals surface area (Å²) in [6.45, 7) is 0.00593. The molecule has 0 radical (unpaired) electrons. The molecule has 0 unspecified atom stereocenters. The number of nitrogens with zero attached hydrogens (tertiary/aromatic N) is 1. The van der Waals surface area contributed by atoms with Crippen LogP contribution in [0.3, 0.4) is 0 Å². The number of benzene rings is 2. The Balaban J connectivity index is 2.13. The quantitative estimate of drug-likeness (QED) is 0.601. The maximum Gasteiger partial charge on any atom is 0.276 e. The van der Waals surface area contributed by atoms with Crippen LogP contribution >= 0.6 is 0 Å². The molecule has 138 valence electrons. The van der Waals surface area contributed by atoms with Gasteiger partial charge in [-0.1, -0.05) is 0 Å². The molecule has 0 aliphatic rings. The van der Waals surface area contributed by atoms with Crippen molar-refractivity contribution < 1.29 is 28.0 Å². The van der Waals surface area contributed by atoms with E-state index in [1.807, 2.05) is 0 Å². The molecular formula is C17H16F2N2O5. The van der Waals surface area contributed by atoms with Crippen LogP contribution in [0, 0.1) is 21.7 Å². The molecule has 1 amide bonds.